The number of furan rings is 1. The minimum absolute atomic E-state index is 0.0102. The Labute approximate surface area is 140 Å². The fourth-order valence-corrected chi connectivity index (χ4v) is 2.51. The third-order valence-electron chi connectivity index (χ3n) is 3.87. The molecule has 3 rings (SSSR count). The number of ether oxygens (including phenoxy) is 1. The number of carbonyl (C=O) groups excluding carboxylic acids is 2. The summed E-state index contributed by atoms with van der Waals surface area (Å²) < 4.78 is 10.5. The number of carbonyl (C=O) groups is 2. The molecule has 124 valence electrons. The molecular formula is C19H19NO4. The van der Waals surface area contributed by atoms with E-state index in [9.17, 15) is 9.59 Å². The Bertz CT molecular complexity index is 752. The smallest absolute Gasteiger partial charge is 0.254 e. The number of hydrogen-bond acceptors (Lipinski definition) is 4. The number of rotatable bonds is 4. The van der Waals surface area contributed by atoms with Gasteiger partial charge in [0.25, 0.3) is 5.91 Å². The second kappa shape index (κ2) is 7.27. The minimum atomic E-state index is -0.184. The van der Waals surface area contributed by atoms with Gasteiger partial charge in [0.05, 0.1) is 13.2 Å². The van der Waals surface area contributed by atoms with Crippen molar-refractivity contribution < 1.29 is 18.7 Å². The second-order valence-corrected chi connectivity index (χ2v) is 5.63. The number of ketones is 1. The van der Waals surface area contributed by atoms with Gasteiger partial charge in [0.15, 0.2) is 5.76 Å². The zero-order valence-electron chi connectivity index (χ0n) is 13.5. The molecule has 24 heavy (non-hydrogen) atoms. The largest absolute Gasteiger partial charge is 0.458 e. The van der Waals surface area contributed by atoms with Crippen LogP contribution in [0, 0.1) is 6.92 Å². The van der Waals surface area contributed by atoms with E-state index >= 15 is 0 Å². The summed E-state index contributed by atoms with van der Waals surface area (Å²) in [6.07, 6.45) is 3.18. The van der Waals surface area contributed by atoms with Crippen molar-refractivity contribution >= 4 is 17.8 Å². The lowest BCUT2D eigenvalue weighted by atomic mass is 10.1. The Morgan fingerprint density at radius 1 is 1.04 bits per heavy atom. The van der Waals surface area contributed by atoms with Gasteiger partial charge in [0.1, 0.15) is 5.76 Å². The molecule has 5 heteroatoms. The highest BCUT2D eigenvalue weighted by molar-refractivity contribution is 6.05. The second-order valence-electron chi connectivity index (χ2n) is 5.63. The Balaban J connectivity index is 1.64. The van der Waals surface area contributed by atoms with Gasteiger partial charge in [0.2, 0.25) is 5.78 Å². The van der Waals surface area contributed by atoms with Crippen LogP contribution in [0.3, 0.4) is 0 Å². The molecular weight excluding hydrogens is 306 g/mol. The SMILES string of the molecule is Cc1ccc(C(=O)/C=C/c2ccc(C(=O)N3CCOCC3)cc2)o1. The van der Waals surface area contributed by atoms with Crippen molar-refractivity contribution in [2.24, 2.45) is 0 Å². The van der Waals surface area contributed by atoms with Crippen LogP contribution in [0.2, 0.25) is 0 Å². The topological polar surface area (TPSA) is 59.8 Å². The zero-order chi connectivity index (χ0) is 16.9. The van der Waals surface area contributed by atoms with Gasteiger partial charge in [-0.3, -0.25) is 9.59 Å². The molecule has 1 aliphatic rings. The number of morpholine rings is 1. The lowest BCUT2D eigenvalue weighted by molar-refractivity contribution is 0.0303. The molecule has 1 fully saturated rings. The maximum Gasteiger partial charge on any atom is 0.254 e. The number of hydrogen-bond donors (Lipinski definition) is 0. The van der Waals surface area contributed by atoms with Crippen LogP contribution >= 0.6 is 0 Å². The number of nitrogens with zero attached hydrogens (tertiary/aromatic N) is 1. The van der Waals surface area contributed by atoms with Crippen molar-refractivity contribution in [1.82, 2.24) is 4.90 Å². The molecule has 1 aromatic carbocycles. The fraction of sp³-hybridized carbons (Fsp3) is 0.263. The monoisotopic (exact) mass is 325 g/mol. The summed E-state index contributed by atoms with van der Waals surface area (Å²) >= 11 is 0. The molecule has 0 radical (unpaired) electrons. The van der Waals surface area contributed by atoms with E-state index in [-0.39, 0.29) is 11.7 Å². The van der Waals surface area contributed by atoms with E-state index < -0.39 is 0 Å². The summed E-state index contributed by atoms with van der Waals surface area (Å²) in [7, 11) is 0. The van der Waals surface area contributed by atoms with Crippen LogP contribution in [0.1, 0.15) is 32.2 Å². The molecule has 0 N–H and O–H groups in total. The summed E-state index contributed by atoms with van der Waals surface area (Å²) in [4.78, 5) is 26.1. The maximum atomic E-state index is 12.4. The first kappa shape index (κ1) is 16.2. The molecule has 1 aliphatic heterocycles. The van der Waals surface area contributed by atoms with Crippen molar-refractivity contribution in [3.8, 4) is 0 Å². The van der Waals surface area contributed by atoms with Crippen LogP contribution in [-0.2, 0) is 4.74 Å². The van der Waals surface area contributed by atoms with Gasteiger partial charge < -0.3 is 14.1 Å². The molecule has 2 aromatic rings. The normalized spacial score (nSPS) is 15.0. The Kier molecular flexibility index (Phi) is 4.91. The number of benzene rings is 1. The van der Waals surface area contributed by atoms with Crippen molar-refractivity contribution in [2.75, 3.05) is 26.3 Å². The van der Waals surface area contributed by atoms with Gasteiger partial charge in [-0.25, -0.2) is 0 Å². The van der Waals surface area contributed by atoms with Crippen molar-refractivity contribution in [3.63, 3.8) is 0 Å². The van der Waals surface area contributed by atoms with Gasteiger partial charge in [-0.15, -0.1) is 0 Å². The van der Waals surface area contributed by atoms with Crippen molar-refractivity contribution in [2.45, 2.75) is 6.92 Å². The summed E-state index contributed by atoms with van der Waals surface area (Å²) in [6.45, 7) is 4.21. The third-order valence-corrected chi connectivity index (χ3v) is 3.87. The highest BCUT2D eigenvalue weighted by atomic mass is 16.5. The molecule has 2 heterocycles. The van der Waals surface area contributed by atoms with Crippen LogP contribution < -0.4 is 0 Å². The first-order valence-corrected chi connectivity index (χ1v) is 7.89. The van der Waals surface area contributed by atoms with Crippen molar-refractivity contribution in [1.29, 1.82) is 0 Å². The van der Waals surface area contributed by atoms with Crippen molar-refractivity contribution in [3.05, 3.63) is 65.1 Å². The third kappa shape index (κ3) is 3.81. The van der Waals surface area contributed by atoms with E-state index in [1.54, 1.807) is 42.2 Å². The molecule has 0 atom stereocenters. The van der Waals surface area contributed by atoms with E-state index in [0.717, 1.165) is 5.56 Å². The highest BCUT2D eigenvalue weighted by Crippen LogP contribution is 2.12. The number of amides is 1. The summed E-state index contributed by atoms with van der Waals surface area (Å²) in [5.74, 6) is 0.855. The summed E-state index contributed by atoms with van der Waals surface area (Å²) in [6, 6.07) is 10.6. The molecule has 0 unspecified atom stereocenters. The number of allylic oxidation sites excluding steroid dienone is 1. The van der Waals surface area contributed by atoms with Gasteiger partial charge >= 0.3 is 0 Å². The van der Waals surface area contributed by atoms with Gasteiger partial charge in [-0.05, 0) is 42.8 Å². The first-order valence-electron chi connectivity index (χ1n) is 7.89. The fourth-order valence-electron chi connectivity index (χ4n) is 2.51. The molecule has 0 spiro atoms. The molecule has 1 amide bonds. The standard InChI is InChI=1S/C19H19NO4/c1-14-2-9-18(24-14)17(21)8-5-15-3-6-16(7-4-15)19(22)20-10-12-23-13-11-20/h2-9H,10-13H2,1H3/b8-5+. The maximum absolute atomic E-state index is 12.4. The van der Waals surface area contributed by atoms with E-state index in [0.29, 0.717) is 43.4 Å². The average molecular weight is 325 g/mol. The quantitative estimate of drug-likeness (QED) is 0.640. The Morgan fingerprint density at radius 3 is 2.38 bits per heavy atom. The lowest BCUT2D eigenvalue weighted by Gasteiger charge is -2.26. The van der Waals surface area contributed by atoms with Crippen LogP contribution in [0.5, 0.6) is 0 Å². The summed E-state index contributed by atoms with van der Waals surface area (Å²) in [5, 5.41) is 0. The predicted molar refractivity (Wildman–Crippen MR) is 90.0 cm³/mol. The van der Waals surface area contributed by atoms with E-state index in [2.05, 4.69) is 0 Å². The predicted octanol–water partition coefficient (Wildman–Crippen LogP) is 2.96. The van der Waals surface area contributed by atoms with Crippen LogP contribution in [0.4, 0.5) is 0 Å². The van der Waals surface area contributed by atoms with E-state index in [1.807, 2.05) is 12.1 Å². The first-order chi connectivity index (χ1) is 11.6. The lowest BCUT2D eigenvalue weighted by Crippen LogP contribution is -2.40. The highest BCUT2D eigenvalue weighted by Gasteiger charge is 2.18. The zero-order valence-corrected chi connectivity index (χ0v) is 13.5. The molecule has 0 aliphatic carbocycles. The van der Waals surface area contributed by atoms with Crippen LogP contribution in [0.15, 0.2) is 46.9 Å². The van der Waals surface area contributed by atoms with E-state index in [4.69, 9.17) is 9.15 Å². The van der Waals surface area contributed by atoms with Gasteiger partial charge in [0, 0.05) is 18.7 Å². The van der Waals surface area contributed by atoms with E-state index in [1.165, 1.54) is 6.08 Å². The van der Waals surface area contributed by atoms with Gasteiger partial charge in [-0.1, -0.05) is 18.2 Å². The van der Waals surface area contributed by atoms with Crippen LogP contribution in [-0.4, -0.2) is 42.9 Å². The number of aryl methyl sites for hydroxylation is 1. The Morgan fingerprint density at radius 2 is 1.75 bits per heavy atom. The average Bonchev–Trinajstić information content (AvgIpc) is 3.07. The Hall–Kier alpha value is -2.66. The molecule has 0 bridgehead atoms. The van der Waals surface area contributed by atoms with Gasteiger partial charge in [-0.2, -0.15) is 0 Å². The molecule has 1 saturated heterocycles. The van der Waals surface area contributed by atoms with Crippen LogP contribution in [0.25, 0.3) is 6.08 Å². The molecule has 1 aromatic heterocycles. The molecule has 0 saturated carbocycles. The minimum Gasteiger partial charge on any atom is -0.458 e. The molecule has 5 nitrogen and oxygen atoms in total. The summed E-state index contributed by atoms with van der Waals surface area (Å²) in [5.41, 5.74) is 1.49.